The number of amides is 1. The highest BCUT2D eigenvalue weighted by molar-refractivity contribution is 6.33. The van der Waals surface area contributed by atoms with Gasteiger partial charge in [-0.15, -0.1) is 0 Å². The predicted octanol–water partition coefficient (Wildman–Crippen LogP) is 3.07. The molecule has 0 aliphatic heterocycles. The van der Waals surface area contributed by atoms with Gasteiger partial charge in [0.1, 0.15) is 0 Å². The minimum atomic E-state index is -1.01. The lowest BCUT2D eigenvalue weighted by atomic mass is 10.0. The maximum atomic E-state index is 12.5. The summed E-state index contributed by atoms with van der Waals surface area (Å²) in [7, 11) is 1.51. The van der Waals surface area contributed by atoms with E-state index < -0.39 is 5.23 Å². The molecular weight excluding hydrogens is 370 g/mol. The number of carbonyl (C=O) groups is 1. The molecule has 0 radical (unpaired) electrons. The molecule has 138 valence electrons. The highest BCUT2D eigenvalue weighted by Crippen LogP contribution is 2.29. The van der Waals surface area contributed by atoms with Crippen molar-refractivity contribution in [3.05, 3.63) is 76.6 Å². The van der Waals surface area contributed by atoms with Gasteiger partial charge >= 0.3 is 0 Å². The molecule has 0 bridgehead atoms. The van der Waals surface area contributed by atoms with Gasteiger partial charge in [0.2, 0.25) is 5.88 Å². The topological polar surface area (TPSA) is 99.0 Å². The van der Waals surface area contributed by atoms with E-state index in [4.69, 9.17) is 21.5 Å². The van der Waals surface area contributed by atoms with E-state index in [-0.39, 0.29) is 11.6 Å². The Bertz CT molecular complexity index is 944. The molecule has 1 atom stereocenters. The van der Waals surface area contributed by atoms with Crippen LogP contribution >= 0.6 is 11.6 Å². The zero-order valence-corrected chi connectivity index (χ0v) is 15.0. The van der Waals surface area contributed by atoms with Gasteiger partial charge in [-0.1, -0.05) is 11.6 Å². The van der Waals surface area contributed by atoms with Crippen LogP contribution in [0.1, 0.15) is 10.4 Å². The highest BCUT2D eigenvalue weighted by atomic mass is 35.5. The Morgan fingerprint density at radius 1 is 1.19 bits per heavy atom. The Labute approximate surface area is 160 Å². The zero-order valence-electron chi connectivity index (χ0n) is 14.3. The van der Waals surface area contributed by atoms with Crippen molar-refractivity contribution in [2.45, 2.75) is 0 Å². The second-order valence-electron chi connectivity index (χ2n) is 5.62. The minimum Gasteiger partial charge on any atom is -0.595 e. The second-order valence-corrected chi connectivity index (χ2v) is 6.03. The zero-order chi connectivity index (χ0) is 19.4. The van der Waals surface area contributed by atoms with Crippen LogP contribution in [-0.4, -0.2) is 23.2 Å². The predicted molar refractivity (Wildman–Crippen MR) is 101 cm³/mol. The van der Waals surface area contributed by atoms with Crippen molar-refractivity contribution in [1.29, 1.82) is 0 Å². The van der Waals surface area contributed by atoms with Crippen LogP contribution in [0.5, 0.6) is 5.88 Å². The van der Waals surface area contributed by atoms with Crippen LogP contribution in [0.4, 0.5) is 11.4 Å². The van der Waals surface area contributed by atoms with E-state index in [0.717, 1.165) is 0 Å². The molecule has 1 heterocycles. The van der Waals surface area contributed by atoms with Gasteiger partial charge in [0.25, 0.3) is 5.91 Å². The molecule has 8 heteroatoms. The number of nitrogens with zero attached hydrogens (tertiary/aromatic N) is 1. The summed E-state index contributed by atoms with van der Waals surface area (Å²) < 4.78 is 4.98. The summed E-state index contributed by atoms with van der Waals surface area (Å²) >= 11 is 6.26. The van der Waals surface area contributed by atoms with Crippen molar-refractivity contribution in [2.24, 2.45) is 0 Å². The second kappa shape index (κ2) is 8.15. The standard InChI is InChI=1S/C19H16ClN3O4/c1-27-18-9-5-14(11-21-18)22-19(24)13-4-8-17(20)16(10-13)12-2-6-15(7-3-12)23(25)26/h2-11,23,25H,1H3,(H,22,24). The summed E-state index contributed by atoms with van der Waals surface area (Å²) in [5, 5.41) is 22.2. The van der Waals surface area contributed by atoms with Gasteiger partial charge in [-0.05, 0) is 42.0 Å². The first kappa shape index (κ1) is 18.8. The summed E-state index contributed by atoms with van der Waals surface area (Å²) in [6.45, 7) is 0. The molecule has 27 heavy (non-hydrogen) atoms. The van der Waals surface area contributed by atoms with Crippen molar-refractivity contribution < 1.29 is 20.0 Å². The van der Waals surface area contributed by atoms with Crippen LogP contribution in [0.2, 0.25) is 5.02 Å². The maximum absolute atomic E-state index is 12.5. The molecule has 0 saturated heterocycles. The van der Waals surface area contributed by atoms with Gasteiger partial charge in [-0.2, -0.15) is 5.23 Å². The Morgan fingerprint density at radius 2 is 1.93 bits per heavy atom. The van der Waals surface area contributed by atoms with Crippen molar-refractivity contribution in [3.8, 4) is 17.0 Å². The fourth-order valence-corrected chi connectivity index (χ4v) is 2.69. The van der Waals surface area contributed by atoms with Gasteiger partial charge in [0, 0.05) is 34.3 Å². The SMILES string of the molecule is COc1ccc(NC(=O)c2ccc(Cl)c(-c3ccc([NH+]([O-])O)cc3)c2)cn1. The van der Waals surface area contributed by atoms with E-state index in [9.17, 15) is 10.0 Å². The van der Waals surface area contributed by atoms with Crippen LogP contribution in [0.3, 0.4) is 0 Å². The number of anilines is 1. The molecule has 1 unspecified atom stereocenters. The molecule has 1 amide bonds. The highest BCUT2D eigenvalue weighted by Gasteiger charge is 2.12. The molecule has 3 rings (SSSR count). The molecule has 3 N–H and O–H groups in total. The van der Waals surface area contributed by atoms with Gasteiger partial charge in [-0.3, -0.25) is 4.79 Å². The third-order valence-electron chi connectivity index (χ3n) is 3.87. The number of rotatable bonds is 5. The van der Waals surface area contributed by atoms with E-state index in [1.165, 1.54) is 25.4 Å². The lowest BCUT2D eigenvalue weighted by Crippen LogP contribution is -2.99. The summed E-state index contributed by atoms with van der Waals surface area (Å²) in [5.41, 5.74) is 2.46. The fourth-order valence-electron chi connectivity index (χ4n) is 2.46. The third kappa shape index (κ3) is 4.42. The van der Waals surface area contributed by atoms with Gasteiger partial charge in [-0.25, -0.2) is 10.2 Å². The summed E-state index contributed by atoms with van der Waals surface area (Å²) in [6, 6.07) is 14.5. The Hall–Kier alpha value is -2.97. The van der Waals surface area contributed by atoms with Crippen LogP contribution in [-0.2, 0) is 0 Å². The molecular formula is C19H16ClN3O4. The van der Waals surface area contributed by atoms with Crippen LogP contribution in [0, 0.1) is 5.21 Å². The molecule has 0 saturated carbocycles. The average Bonchev–Trinajstić information content (AvgIpc) is 2.69. The number of aromatic nitrogens is 1. The van der Waals surface area contributed by atoms with E-state index in [1.807, 2.05) is 0 Å². The molecule has 0 aliphatic carbocycles. The van der Waals surface area contributed by atoms with Crippen LogP contribution in [0.25, 0.3) is 11.1 Å². The van der Waals surface area contributed by atoms with Gasteiger partial charge in [0.05, 0.1) is 19.0 Å². The largest absolute Gasteiger partial charge is 0.595 e. The van der Waals surface area contributed by atoms with Crippen molar-refractivity contribution in [2.75, 3.05) is 12.4 Å². The molecule has 0 fully saturated rings. The van der Waals surface area contributed by atoms with Crippen molar-refractivity contribution in [3.63, 3.8) is 0 Å². The number of hydrogen-bond donors (Lipinski definition) is 3. The van der Waals surface area contributed by atoms with Gasteiger partial charge < -0.3 is 15.3 Å². The van der Waals surface area contributed by atoms with Crippen LogP contribution < -0.4 is 15.3 Å². The number of pyridine rings is 1. The van der Waals surface area contributed by atoms with E-state index in [2.05, 4.69) is 10.3 Å². The number of quaternary nitrogens is 1. The fraction of sp³-hybridized carbons (Fsp3) is 0.0526. The summed E-state index contributed by atoms with van der Waals surface area (Å²) in [5.74, 6) is 0.133. The number of ether oxygens (including phenoxy) is 1. The number of hydrogen-bond acceptors (Lipinski definition) is 5. The molecule has 1 aromatic heterocycles. The quantitative estimate of drug-likeness (QED) is 0.586. The number of benzene rings is 2. The molecule has 0 spiro atoms. The van der Waals surface area contributed by atoms with Crippen molar-refractivity contribution >= 4 is 28.9 Å². The summed E-state index contributed by atoms with van der Waals surface area (Å²) in [4.78, 5) is 16.6. The summed E-state index contributed by atoms with van der Waals surface area (Å²) in [6.07, 6.45) is 1.50. The Morgan fingerprint density at radius 3 is 2.52 bits per heavy atom. The molecule has 2 aromatic carbocycles. The normalized spacial score (nSPS) is 11.7. The van der Waals surface area contributed by atoms with Crippen molar-refractivity contribution in [1.82, 2.24) is 4.98 Å². The number of halogens is 1. The smallest absolute Gasteiger partial charge is 0.255 e. The minimum absolute atomic E-state index is 0.177. The van der Waals surface area contributed by atoms with Crippen LogP contribution in [0.15, 0.2) is 60.8 Å². The molecule has 3 aromatic rings. The third-order valence-corrected chi connectivity index (χ3v) is 4.20. The lowest BCUT2D eigenvalue weighted by Gasteiger charge is -2.13. The Kier molecular flexibility index (Phi) is 5.68. The van der Waals surface area contributed by atoms with Gasteiger partial charge in [0.15, 0.2) is 5.69 Å². The lowest BCUT2D eigenvalue weighted by molar-refractivity contribution is -0.991. The first-order chi connectivity index (χ1) is 13.0. The molecule has 0 aliphatic rings. The monoisotopic (exact) mass is 385 g/mol. The van der Waals surface area contributed by atoms with E-state index in [0.29, 0.717) is 33.3 Å². The van der Waals surface area contributed by atoms with E-state index in [1.54, 1.807) is 42.5 Å². The molecule has 7 nitrogen and oxygen atoms in total. The Balaban J connectivity index is 1.84. The number of methoxy groups -OCH3 is 1. The number of carbonyl (C=O) groups excluding carboxylic acids is 1. The van der Waals surface area contributed by atoms with E-state index >= 15 is 0 Å². The number of nitrogens with one attached hydrogen (secondary N) is 2. The maximum Gasteiger partial charge on any atom is 0.255 e. The first-order valence-electron chi connectivity index (χ1n) is 7.92. The first-order valence-corrected chi connectivity index (χ1v) is 8.30. The average molecular weight is 386 g/mol.